The van der Waals surface area contributed by atoms with Gasteiger partial charge in [-0.25, -0.2) is 4.98 Å². The highest BCUT2D eigenvalue weighted by atomic mass is 32.1. The van der Waals surface area contributed by atoms with Crippen LogP contribution in [0.2, 0.25) is 0 Å². The third kappa shape index (κ3) is 8.05. The van der Waals surface area contributed by atoms with E-state index < -0.39 is 12.0 Å². The summed E-state index contributed by atoms with van der Waals surface area (Å²) in [4.78, 5) is 6.89. The molecule has 0 saturated carbocycles. The molecule has 59 heavy (non-hydrogen) atoms. The Kier molecular flexibility index (Phi) is 11.8. The van der Waals surface area contributed by atoms with E-state index in [0.717, 1.165) is 26.7 Å². The summed E-state index contributed by atoms with van der Waals surface area (Å²) in [5, 5.41) is 56.1. The lowest BCUT2D eigenvalue weighted by Gasteiger charge is -2.13. The van der Waals surface area contributed by atoms with E-state index in [-0.39, 0.29) is 50.9 Å². The molecule has 13 nitrogen and oxygen atoms in total. The Morgan fingerprint density at radius 2 is 1.15 bits per heavy atom. The largest absolute Gasteiger partial charge is 0.508 e. The lowest BCUT2D eigenvalue weighted by atomic mass is 9.98. The molecule has 0 bridgehead atoms. The minimum Gasteiger partial charge on any atom is -0.508 e. The fourth-order valence-electron chi connectivity index (χ4n) is 6.67. The minimum atomic E-state index is -4.59. The zero-order valence-corrected chi connectivity index (χ0v) is 34.6. The first kappa shape index (κ1) is 42.2. The minimum absolute atomic E-state index is 0.0274. The van der Waals surface area contributed by atoms with Gasteiger partial charge in [-0.3, -0.25) is 19.3 Å². The van der Waals surface area contributed by atoms with Crippen molar-refractivity contribution in [1.29, 1.82) is 0 Å². The van der Waals surface area contributed by atoms with Gasteiger partial charge in [0.2, 0.25) is 5.82 Å². The summed E-state index contributed by atoms with van der Waals surface area (Å²) in [6, 6.07) is 18.4. The van der Waals surface area contributed by atoms with Crippen LogP contribution in [0.4, 0.5) is 13.2 Å². The summed E-state index contributed by atoms with van der Waals surface area (Å²) in [7, 11) is 1.30. The van der Waals surface area contributed by atoms with Crippen molar-refractivity contribution >= 4 is 46.4 Å². The van der Waals surface area contributed by atoms with Gasteiger partial charge in [0.1, 0.15) is 23.0 Å². The van der Waals surface area contributed by atoms with Gasteiger partial charge >= 0.3 is 6.18 Å². The Hall–Kier alpha value is -6.40. The van der Waals surface area contributed by atoms with E-state index in [2.05, 4.69) is 30.4 Å². The van der Waals surface area contributed by atoms with E-state index in [1.165, 1.54) is 35.9 Å². The first-order chi connectivity index (χ1) is 27.9. The Morgan fingerprint density at radius 1 is 0.661 bits per heavy atom. The van der Waals surface area contributed by atoms with E-state index >= 15 is 0 Å². The number of hydrogen-bond donors (Lipinski definition) is 7. The molecule has 4 heterocycles. The van der Waals surface area contributed by atoms with Crippen molar-refractivity contribution < 1.29 is 33.6 Å². The number of hydrogen-bond acceptors (Lipinski definition) is 9. The smallest absolute Gasteiger partial charge is 0.449 e. The van der Waals surface area contributed by atoms with Crippen molar-refractivity contribution in [1.82, 2.24) is 44.1 Å². The molecular weight excluding hydrogens is 804 g/mol. The number of fused-ring (bicyclic) bond motifs is 2. The van der Waals surface area contributed by atoms with Crippen molar-refractivity contribution in [3.63, 3.8) is 0 Å². The lowest BCUT2D eigenvalue weighted by Crippen LogP contribution is -2.12. The molecule has 0 aliphatic heterocycles. The molecule has 308 valence electrons. The number of H-pyrrole nitrogens is 3. The van der Waals surface area contributed by atoms with Gasteiger partial charge in [0.05, 0.1) is 33.5 Å². The molecule has 0 amide bonds. The average Bonchev–Trinajstić information content (AvgIpc) is 3.97. The van der Waals surface area contributed by atoms with Gasteiger partial charge < -0.3 is 30.0 Å². The Balaban J connectivity index is 0.000000193. The lowest BCUT2D eigenvalue weighted by molar-refractivity contribution is -0.146. The molecule has 0 spiro atoms. The number of aromatic hydroxyl groups is 4. The van der Waals surface area contributed by atoms with E-state index in [0.29, 0.717) is 38.5 Å². The molecule has 18 heteroatoms. The second kappa shape index (κ2) is 16.5. The van der Waals surface area contributed by atoms with Gasteiger partial charge in [0.15, 0.2) is 21.2 Å². The second-order valence-corrected chi connectivity index (χ2v) is 14.7. The Morgan fingerprint density at radius 3 is 1.64 bits per heavy atom. The number of rotatable bonds is 6. The maximum Gasteiger partial charge on any atom is 0.449 e. The summed E-state index contributed by atoms with van der Waals surface area (Å²) in [5.41, 5.74) is 4.89. The zero-order chi connectivity index (χ0) is 43.1. The quantitative estimate of drug-likeness (QED) is 0.0801. The van der Waals surface area contributed by atoms with Gasteiger partial charge in [-0.15, -0.1) is 0 Å². The number of imidazole rings is 1. The number of nitrogens with zero attached hydrogens (tertiary/aromatic N) is 6. The van der Waals surface area contributed by atoms with E-state index in [9.17, 15) is 33.6 Å². The van der Waals surface area contributed by atoms with Gasteiger partial charge in [-0.2, -0.15) is 23.4 Å². The van der Waals surface area contributed by atoms with Crippen LogP contribution in [-0.2, 0) is 13.2 Å². The normalized spacial score (nSPS) is 11.6. The maximum absolute atomic E-state index is 13.2. The van der Waals surface area contributed by atoms with Crippen LogP contribution in [0, 0.1) is 9.54 Å². The van der Waals surface area contributed by atoms with E-state index in [4.69, 9.17) is 24.4 Å². The monoisotopic (exact) mass is 845 g/mol. The van der Waals surface area contributed by atoms with Gasteiger partial charge in [0, 0.05) is 36.3 Å². The number of phenolic OH excluding ortho intramolecular Hbond substituents is 4. The Bertz CT molecular complexity index is 2940. The van der Waals surface area contributed by atoms with Crippen molar-refractivity contribution in [2.75, 3.05) is 0 Å². The first-order valence-corrected chi connectivity index (χ1v) is 19.3. The fraction of sp³-hybridized carbons (Fsp3) is 0.244. The third-order valence-corrected chi connectivity index (χ3v) is 10.1. The predicted molar refractivity (Wildman–Crippen MR) is 226 cm³/mol. The van der Waals surface area contributed by atoms with Crippen LogP contribution in [0.1, 0.15) is 70.3 Å². The van der Waals surface area contributed by atoms with Crippen molar-refractivity contribution in [3.05, 3.63) is 99.4 Å². The summed E-state index contributed by atoms with van der Waals surface area (Å²) in [5.74, 6) is -0.447. The SMILES string of the molecule is CC.CC(C)c1cc(-c2n[nH]c(=S)n2-c2ccc3[nH]ccc3c2)c(O)cc1O.CC(C)c1cc(-c2n[nH]c(=S)n2-c2ccc3c(c2)nc(C(F)(F)F)n3C)c(O)cc1O. The molecule has 4 aromatic carbocycles. The molecule has 0 atom stereocenters. The zero-order valence-electron chi connectivity index (χ0n) is 33.0. The highest BCUT2D eigenvalue weighted by Gasteiger charge is 2.36. The topological polar surface area (TPSA) is 182 Å². The van der Waals surface area contributed by atoms with Crippen LogP contribution in [-0.4, -0.2) is 64.5 Å². The van der Waals surface area contributed by atoms with Crippen LogP contribution in [0.15, 0.2) is 72.9 Å². The molecule has 0 saturated heterocycles. The molecule has 0 unspecified atom stereocenters. The van der Waals surface area contributed by atoms with Crippen molar-refractivity contribution in [2.45, 2.75) is 59.6 Å². The molecular formula is C41H42F3N9O4S2. The number of aromatic amines is 3. The van der Waals surface area contributed by atoms with Gasteiger partial charge in [-0.1, -0.05) is 41.5 Å². The highest BCUT2D eigenvalue weighted by molar-refractivity contribution is 7.71. The molecule has 7 N–H and O–H groups in total. The first-order valence-electron chi connectivity index (χ1n) is 18.5. The van der Waals surface area contributed by atoms with Gasteiger partial charge in [0.25, 0.3) is 0 Å². The second-order valence-electron chi connectivity index (χ2n) is 14.0. The highest BCUT2D eigenvalue weighted by Crippen LogP contribution is 2.40. The van der Waals surface area contributed by atoms with Crippen LogP contribution in [0.5, 0.6) is 23.0 Å². The summed E-state index contributed by atoms with van der Waals surface area (Å²) < 4.78 is 44.5. The van der Waals surface area contributed by atoms with Crippen LogP contribution in [0.25, 0.3) is 56.1 Å². The molecule has 4 aromatic heterocycles. The summed E-state index contributed by atoms with van der Waals surface area (Å²) in [6.45, 7) is 11.7. The molecule has 0 aliphatic rings. The van der Waals surface area contributed by atoms with E-state index in [1.54, 1.807) is 22.8 Å². The molecule has 0 fully saturated rings. The Labute approximate surface area is 346 Å². The molecule has 0 aliphatic carbocycles. The van der Waals surface area contributed by atoms with Crippen molar-refractivity contribution in [3.8, 4) is 57.1 Å². The number of phenols is 4. The number of benzene rings is 4. The number of nitrogens with one attached hydrogen (secondary N) is 3. The molecule has 8 aromatic rings. The van der Waals surface area contributed by atoms with E-state index in [1.807, 2.05) is 72.0 Å². The van der Waals surface area contributed by atoms with Gasteiger partial charge in [-0.05, 0) is 102 Å². The number of aryl methyl sites for hydroxylation is 1. The predicted octanol–water partition coefficient (Wildman–Crippen LogP) is 10.7. The maximum atomic E-state index is 13.2. The van der Waals surface area contributed by atoms with Crippen LogP contribution >= 0.6 is 24.4 Å². The number of alkyl halides is 3. The van der Waals surface area contributed by atoms with Crippen LogP contribution in [0.3, 0.4) is 0 Å². The fourth-order valence-corrected chi connectivity index (χ4v) is 7.14. The molecule has 0 radical (unpaired) electrons. The standard InChI is InChI=1S/C20H18F3N5O2S.C19H18N4O2S.C2H6/c1-9(2)11-7-12(16(30)8-15(11)29)17-25-26-19(31)28(17)10-4-5-14-13(6-10)24-18(27(14)3)20(21,22)23;1-10(2)13-8-14(17(25)9-16(13)24)18-21-22-19(26)23(18)12-3-4-15-11(7-12)5-6-20-15;1-2/h4-9,29-30H,1-3H3,(H,26,31);3-10,20,24-25H,1-2H3,(H,22,26);1-2H3. The molecule has 8 rings (SSSR count). The summed E-state index contributed by atoms with van der Waals surface area (Å²) in [6.07, 6.45) is -2.71. The van der Waals surface area contributed by atoms with Crippen molar-refractivity contribution in [2.24, 2.45) is 7.05 Å². The average molecular weight is 846 g/mol. The number of aromatic nitrogens is 9. The third-order valence-electron chi connectivity index (χ3n) is 9.53. The summed E-state index contributed by atoms with van der Waals surface area (Å²) >= 11 is 10.7. The number of halogens is 3. The van der Waals surface area contributed by atoms with Crippen LogP contribution < -0.4 is 0 Å².